The van der Waals surface area contributed by atoms with E-state index < -0.39 is 23.3 Å². The van der Waals surface area contributed by atoms with E-state index in [4.69, 9.17) is 32.7 Å². The van der Waals surface area contributed by atoms with Crippen molar-refractivity contribution in [1.82, 2.24) is 10.2 Å². The van der Waals surface area contributed by atoms with Gasteiger partial charge in [-0.25, -0.2) is 8.78 Å². The van der Waals surface area contributed by atoms with Gasteiger partial charge in [-0.2, -0.15) is 0 Å². The summed E-state index contributed by atoms with van der Waals surface area (Å²) in [6, 6.07) is 12.3. The minimum absolute atomic E-state index is 0.0527. The topological polar surface area (TPSA) is 67.9 Å². The Labute approximate surface area is 215 Å². The monoisotopic (exact) mass is 532 g/mol. The molecule has 1 N–H and O–H groups in total. The van der Waals surface area contributed by atoms with Crippen LogP contribution in [0.2, 0.25) is 10.0 Å². The molecule has 2 aliphatic heterocycles. The van der Waals surface area contributed by atoms with Gasteiger partial charge in [-0.15, -0.1) is 0 Å². The van der Waals surface area contributed by atoms with Gasteiger partial charge in [0.1, 0.15) is 11.6 Å². The van der Waals surface area contributed by atoms with E-state index in [0.717, 1.165) is 6.07 Å². The summed E-state index contributed by atoms with van der Waals surface area (Å²) in [5.74, 6) is -3.48. The fourth-order valence-corrected chi connectivity index (χ4v) is 5.05. The average Bonchev–Trinajstić information content (AvgIpc) is 3.43. The normalized spacial score (nSPS) is 20.5. The summed E-state index contributed by atoms with van der Waals surface area (Å²) in [5, 5.41) is 3.38. The molecule has 1 saturated heterocycles. The van der Waals surface area contributed by atoms with Crippen molar-refractivity contribution in [2.75, 3.05) is 13.1 Å². The Morgan fingerprint density at radius 2 is 1.72 bits per heavy atom. The molecule has 0 bridgehead atoms. The number of carbonyl (C=O) groups excluding carboxylic acids is 2. The molecule has 0 spiro atoms. The molecule has 5 rings (SSSR count). The summed E-state index contributed by atoms with van der Waals surface area (Å²) >= 11 is 12.6. The highest BCUT2D eigenvalue weighted by Crippen LogP contribution is 2.50. The molecule has 3 aromatic rings. The lowest BCUT2D eigenvalue weighted by Gasteiger charge is -2.29. The number of amides is 2. The van der Waals surface area contributed by atoms with E-state index >= 15 is 4.39 Å². The fraction of sp³-hybridized carbons (Fsp3) is 0.231. The SMILES string of the molecule is CC(=O)N[C@H]1CCN(C(=O)c2cc3c(cc2F)OC(c2ccc(F)cc2)(c2ccc(Cl)cc2Cl)O3)C1. The Morgan fingerprint density at radius 1 is 1.03 bits per heavy atom. The van der Waals surface area contributed by atoms with E-state index in [1.165, 1.54) is 48.2 Å². The van der Waals surface area contributed by atoms with Crippen LogP contribution in [0.4, 0.5) is 8.78 Å². The molecule has 186 valence electrons. The van der Waals surface area contributed by atoms with Crippen LogP contribution in [0.25, 0.3) is 0 Å². The van der Waals surface area contributed by atoms with Gasteiger partial charge in [-0.05, 0) is 55.0 Å². The second-order valence-corrected chi connectivity index (χ2v) is 9.51. The number of rotatable bonds is 4. The van der Waals surface area contributed by atoms with Crippen LogP contribution in [0.1, 0.15) is 34.8 Å². The third kappa shape index (κ3) is 4.35. The van der Waals surface area contributed by atoms with Crippen molar-refractivity contribution in [3.63, 3.8) is 0 Å². The molecule has 1 fully saturated rings. The van der Waals surface area contributed by atoms with Crippen LogP contribution in [0.5, 0.6) is 11.5 Å². The van der Waals surface area contributed by atoms with E-state index in [0.29, 0.717) is 29.1 Å². The predicted octanol–water partition coefficient (Wildman–Crippen LogP) is 5.29. The van der Waals surface area contributed by atoms with Crippen molar-refractivity contribution in [3.05, 3.63) is 93.0 Å². The highest BCUT2D eigenvalue weighted by molar-refractivity contribution is 6.35. The maximum Gasteiger partial charge on any atom is 0.307 e. The Hall–Kier alpha value is -3.36. The molecule has 2 amide bonds. The minimum Gasteiger partial charge on any atom is -0.440 e. The van der Waals surface area contributed by atoms with Gasteiger partial charge < -0.3 is 19.7 Å². The van der Waals surface area contributed by atoms with Gasteiger partial charge in [0.15, 0.2) is 11.5 Å². The van der Waals surface area contributed by atoms with Crippen molar-refractivity contribution < 1.29 is 27.8 Å². The van der Waals surface area contributed by atoms with Crippen molar-refractivity contribution in [2.24, 2.45) is 0 Å². The van der Waals surface area contributed by atoms with Gasteiger partial charge in [0.05, 0.1) is 16.1 Å². The van der Waals surface area contributed by atoms with E-state index in [1.807, 2.05) is 0 Å². The average molecular weight is 533 g/mol. The second-order valence-electron chi connectivity index (χ2n) is 8.67. The molecule has 36 heavy (non-hydrogen) atoms. The van der Waals surface area contributed by atoms with Gasteiger partial charge in [0.2, 0.25) is 5.91 Å². The summed E-state index contributed by atoms with van der Waals surface area (Å²) < 4.78 is 41.2. The molecule has 3 aromatic carbocycles. The van der Waals surface area contributed by atoms with E-state index in [1.54, 1.807) is 12.1 Å². The first-order valence-electron chi connectivity index (χ1n) is 11.2. The summed E-state index contributed by atoms with van der Waals surface area (Å²) in [6.07, 6.45) is 0.570. The van der Waals surface area contributed by atoms with Gasteiger partial charge >= 0.3 is 5.79 Å². The van der Waals surface area contributed by atoms with E-state index in [2.05, 4.69) is 5.32 Å². The van der Waals surface area contributed by atoms with Crippen LogP contribution >= 0.6 is 23.2 Å². The van der Waals surface area contributed by atoms with Crippen molar-refractivity contribution in [2.45, 2.75) is 25.2 Å². The lowest BCUT2D eigenvalue weighted by molar-refractivity contribution is -0.119. The van der Waals surface area contributed by atoms with Crippen LogP contribution in [0, 0.1) is 11.6 Å². The van der Waals surface area contributed by atoms with E-state index in [9.17, 15) is 14.0 Å². The number of hydrogen-bond donors (Lipinski definition) is 1. The number of fused-ring (bicyclic) bond motifs is 1. The smallest absolute Gasteiger partial charge is 0.307 e. The Morgan fingerprint density at radius 3 is 2.39 bits per heavy atom. The zero-order valence-electron chi connectivity index (χ0n) is 19.0. The molecule has 1 unspecified atom stereocenters. The van der Waals surface area contributed by atoms with Crippen molar-refractivity contribution in [3.8, 4) is 11.5 Å². The Balaban J connectivity index is 1.52. The quantitative estimate of drug-likeness (QED) is 0.495. The van der Waals surface area contributed by atoms with Crippen LogP contribution in [0.15, 0.2) is 54.6 Å². The number of likely N-dealkylation sites (tertiary alicyclic amines) is 1. The molecule has 2 heterocycles. The number of nitrogens with zero attached hydrogens (tertiary/aromatic N) is 1. The lowest BCUT2D eigenvalue weighted by Crippen LogP contribution is -2.37. The highest BCUT2D eigenvalue weighted by Gasteiger charge is 2.47. The van der Waals surface area contributed by atoms with Crippen LogP contribution < -0.4 is 14.8 Å². The maximum atomic E-state index is 15.2. The summed E-state index contributed by atoms with van der Waals surface area (Å²) in [5.41, 5.74) is 0.565. The number of hydrogen-bond acceptors (Lipinski definition) is 4. The standard InChI is InChI=1S/C26H20Cl2F2N2O4/c1-14(33)31-18-8-9-32(13-18)25(34)19-11-23-24(12-22(19)30)36-26(35-23,15-2-5-17(29)6-3-15)20-7-4-16(27)10-21(20)28/h2-7,10-12,18H,8-9,13H2,1H3,(H,31,33)/t18-,26?/m0/s1. The first kappa shape index (κ1) is 24.3. The van der Waals surface area contributed by atoms with Crippen LogP contribution in [-0.2, 0) is 10.6 Å². The molecular formula is C26H20Cl2F2N2O4. The zero-order chi connectivity index (χ0) is 25.6. The fourth-order valence-electron chi connectivity index (χ4n) is 4.52. The van der Waals surface area contributed by atoms with Crippen LogP contribution in [-0.4, -0.2) is 35.8 Å². The zero-order valence-corrected chi connectivity index (χ0v) is 20.5. The number of nitrogens with one attached hydrogen (secondary N) is 1. The van der Waals surface area contributed by atoms with Gasteiger partial charge in [-0.3, -0.25) is 9.59 Å². The molecular weight excluding hydrogens is 513 g/mol. The molecule has 0 aromatic heterocycles. The van der Waals surface area contributed by atoms with Crippen molar-refractivity contribution >= 4 is 35.0 Å². The van der Waals surface area contributed by atoms with Gasteiger partial charge in [0.25, 0.3) is 5.91 Å². The van der Waals surface area contributed by atoms with E-state index in [-0.39, 0.29) is 40.6 Å². The highest BCUT2D eigenvalue weighted by atomic mass is 35.5. The number of carbonyl (C=O) groups is 2. The lowest BCUT2D eigenvalue weighted by atomic mass is 9.97. The first-order valence-corrected chi connectivity index (χ1v) is 11.9. The molecule has 0 saturated carbocycles. The van der Waals surface area contributed by atoms with Gasteiger partial charge in [0, 0.05) is 42.7 Å². The molecule has 0 radical (unpaired) electrons. The Kier molecular flexibility index (Phi) is 6.26. The molecule has 6 nitrogen and oxygen atoms in total. The van der Waals surface area contributed by atoms with Gasteiger partial charge in [-0.1, -0.05) is 23.2 Å². The summed E-state index contributed by atoms with van der Waals surface area (Å²) in [7, 11) is 0. The predicted molar refractivity (Wildman–Crippen MR) is 129 cm³/mol. The number of ether oxygens (including phenoxy) is 2. The maximum absolute atomic E-state index is 15.2. The molecule has 2 atom stereocenters. The third-order valence-corrected chi connectivity index (χ3v) is 6.71. The van der Waals surface area contributed by atoms with Crippen LogP contribution in [0.3, 0.4) is 0 Å². The minimum atomic E-state index is -1.67. The third-order valence-electron chi connectivity index (χ3n) is 6.16. The van der Waals surface area contributed by atoms with Crippen molar-refractivity contribution in [1.29, 1.82) is 0 Å². The summed E-state index contributed by atoms with van der Waals surface area (Å²) in [4.78, 5) is 25.9. The molecule has 10 heteroatoms. The molecule has 0 aliphatic carbocycles. The first-order chi connectivity index (χ1) is 17.2. The number of halogens is 4. The largest absolute Gasteiger partial charge is 0.440 e. The summed E-state index contributed by atoms with van der Waals surface area (Å²) in [6.45, 7) is 2.05. The Bertz CT molecular complexity index is 1370. The number of benzene rings is 3. The molecule has 2 aliphatic rings. The second kappa shape index (κ2) is 9.26.